The Labute approximate surface area is 111 Å². The summed E-state index contributed by atoms with van der Waals surface area (Å²) in [5.41, 5.74) is 12.1. The number of carbonyl (C=O) groups excluding carboxylic acids is 2. The van der Waals surface area contributed by atoms with Gasteiger partial charge in [0.1, 0.15) is 5.75 Å². The molecule has 6 heteroatoms. The van der Waals surface area contributed by atoms with E-state index in [9.17, 15) is 9.59 Å². The van der Waals surface area contributed by atoms with Crippen LogP contribution in [0.3, 0.4) is 0 Å². The van der Waals surface area contributed by atoms with E-state index in [-0.39, 0.29) is 30.8 Å². The predicted octanol–water partition coefficient (Wildman–Crippen LogP) is 0.506. The zero-order valence-corrected chi connectivity index (χ0v) is 10.8. The van der Waals surface area contributed by atoms with Crippen LogP contribution in [0, 0.1) is 5.92 Å². The molecule has 0 aromatic heterocycles. The molecule has 0 saturated heterocycles. The van der Waals surface area contributed by atoms with Crippen LogP contribution in [0.4, 0.5) is 11.4 Å². The molecule has 0 spiro atoms. The molecule has 0 aliphatic carbocycles. The van der Waals surface area contributed by atoms with Crippen LogP contribution in [0.25, 0.3) is 0 Å². The summed E-state index contributed by atoms with van der Waals surface area (Å²) < 4.78 is 5.28. The fourth-order valence-electron chi connectivity index (χ4n) is 1.92. The van der Waals surface area contributed by atoms with Gasteiger partial charge in [-0.1, -0.05) is 6.92 Å². The van der Waals surface area contributed by atoms with Gasteiger partial charge < -0.3 is 16.2 Å². The van der Waals surface area contributed by atoms with Crippen LogP contribution < -0.4 is 21.1 Å². The molecule has 1 unspecified atom stereocenters. The van der Waals surface area contributed by atoms with Crippen LogP contribution in [0.2, 0.25) is 0 Å². The molecule has 1 aliphatic rings. The molecular formula is C13H17N3O3. The normalized spacial score (nSPS) is 15.7. The maximum atomic E-state index is 12.2. The first-order valence-corrected chi connectivity index (χ1v) is 6.11. The third-order valence-corrected chi connectivity index (χ3v) is 3.00. The van der Waals surface area contributed by atoms with Gasteiger partial charge in [0.15, 0.2) is 6.61 Å². The van der Waals surface area contributed by atoms with Crippen LogP contribution in [0.1, 0.15) is 13.3 Å². The van der Waals surface area contributed by atoms with Crippen molar-refractivity contribution >= 4 is 23.2 Å². The Morgan fingerprint density at radius 1 is 1.53 bits per heavy atom. The summed E-state index contributed by atoms with van der Waals surface area (Å²) in [7, 11) is 0. The summed E-state index contributed by atoms with van der Waals surface area (Å²) in [5.74, 6) is -0.152. The van der Waals surface area contributed by atoms with Gasteiger partial charge in [-0.2, -0.15) is 0 Å². The monoisotopic (exact) mass is 263 g/mol. The zero-order chi connectivity index (χ0) is 14.0. The summed E-state index contributed by atoms with van der Waals surface area (Å²) in [6, 6.07) is 4.89. The number of imide groups is 1. The molecule has 2 amide bonds. The zero-order valence-electron chi connectivity index (χ0n) is 10.8. The van der Waals surface area contributed by atoms with E-state index in [1.54, 1.807) is 18.2 Å². The molecule has 1 aromatic carbocycles. The van der Waals surface area contributed by atoms with E-state index >= 15 is 0 Å². The van der Waals surface area contributed by atoms with Crippen LogP contribution >= 0.6 is 0 Å². The number of hydrogen-bond acceptors (Lipinski definition) is 5. The highest BCUT2D eigenvalue weighted by Crippen LogP contribution is 2.34. The first kappa shape index (κ1) is 13.4. The molecule has 102 valence electrons. The van der Waals surface area contributed by atoms with E-state index < -0.39 is 0 Å². The van der Waals surface area contributed by atoms with E-state index in [2.05, 4.69) is 0 Å². The standard InChI is InChI=1S/C13H17N3O3/c1-8(6-14)4-12(17)16-10-5-9(15)2-3-11(10)19-7-13(16)18/h2-3,5,8H,4,6-7,14-15H2,1H3. The van der Waals surface area contributed by atoms with Gasteiger partial charge in [0.05, 0.1) is 5.69 Å². The second-order valence-electron chi connectivity index (χ2n) is 4.68. The fourth-order valence-corrected chi connectivity index (χ4v) is 1.92. The average molecular weight is 263 g/mol. The lowest BCUT2D eigenvalue weighted by Gasteiger charge is -2.28. The molecular weight excluding hydrogens is 246 g/mol. The van der Waals surface area contributed by atoms with Crippen molar-refractivity contribution in [2.75, 3.05) is 23.8 Å². The molecule has 6 nitrogen and oxygen atoms in total. The second kappa shape index (κ2) is 5.27. The Bertz CT molecular complexity index is 516. The van der Waals surface area contributed by atoms with Gasteiger partial charge in [-0.05, 0) is 30.7 Å². The van der Waals surface area contributed by atoms with Crippen LogP contribution in [0.5, 0.6) is 5.75 Å². The largest absolute Gasteiger partial charge is 0.482 e. The first-order chi connectivity index (χ1) is 9.02. The highest BCUT2D eigenvalue weighted by Gasteiger charge is 2.31. The Hall–Kier alpha value is -2.08. The molecule has 1 heterocycles. The SMILES string of the molecule is CC(CN)CC(=O)N1C(=O)COc2ccc(N)cc21. The van der Waals surface area contributed by atoms with Gasteiger partial charge in [0.25, 0.3) is 5.91 Å². The Morgan fingerprint density at radius 2 is 2.26 bits per heavy atom. The van der Waals surface area contributed by atoms with Crippen LogP contribution in [-0.4, -0.2) is 25.0 Å². The summed E-state index contributed by atoms with van der Waals surface area (Å²) in [6.45, 7) is 2.12. The van der Waals surface area contributed by atoms with Crippen LogP contribution in [-0.2, 0) is 9.59 Å². The Balaban J connectivity index is 2.32. The van der Waals surface area contributed by atoms with Crippen molar-refractivity contribution in [2.24, 2.45) is 11.7 Å². The van der Waals surface area contributed by atoms with E-state index in [4.69, 9.17) is 16.2 Å². The van der Waals surface area contributed by atoms with Gasteiger partial charge in [-0.15, -0.1) is 0 Å². The number of carbonyl (C=O) groups is 2. The minimum Gasteiger partial charge on any atom is -0.482 e. The van der Waals surface area contributed by atoms with E-state index in [0.29, 0.717) is 23.7 Å². The van der Waals surface area contributed by atoms with Crippen molar-refractivity contribution in [3.8, 4) is 5.75 Å². The summed E-state index contributed by atoms with van der Waals surface area (Å²) in [6.07, 6.45) is 0.219. The third kappa shape index (κ3) is 2.68. The molecule has 1 aliphatic heterocycles. The van der Waals surface area contributed by atoms with E-state index in [1.165, 1.54) is 0 Å². The molecule has 0 fully saturated rings. The second-order valence-corrected chi connectivity index (χ2v) is 4.68. The topological polar surface area (TPSA) is 98.7 Å². The number of hydrogen-bond donors (Lipinski definition) is 2. The highest BCUT2D eigenvalue weighted by atomic mass is 16.5. The Kier molecular flexibility index (Phi) is 3.71. The minimum absolute atomic E-state index is 0.0210. The predicted molar refractivity (Wildman–Crippen MR) is 71.7 cm³/mol. The van der Waals surface area contributed by atoms with Crippen molar-refractivity contribution in [2.45, 2.75) is 13.3 Å². The number of nitrogen functional groups attached to an aromatic ring is 1. The lowest BCUT2D eigenvalue weighted by Crippen LogP contribution is -2.44. The Morgan fingerprint density at radius 3 is 2.95 bits per heavy atom. The maximum Gasteiger partial charge on any atom is 0.271 e. The number of benzene rings is 1. The molecule has 0 radical (unpaired) electrons. The van der Waals surface area contributed by atoms with Gasteiger partial charge in [-0.3, -0.25) is 9.59 Å². The summed E-state index contributed by atoms with van der Waals surface area (Å²) in [5, 5.41) is 0. The number of anilines is 2. The molecule has 1 atom stereocenters. The number of amides is 2. The molecule has 0 bridgehead atoms. The number of ether oxygens (including phenoxy) is 1. The summed E-state index contributed by atoms with van der Waals surface area (Å²) >= 11 is 0. The quantitative estimate of drug-likeness (QED) is 0.774. The van der Waals surface area contributed by atoms with Gasteiger partial charge in [0.2, 0.25) is 5.91 Å². The lowest BCUT2D eigenvalue weighted by atomic mass is 10.1. The average Bonchev–Trinajstić information content (AvgIpc) is 2.37. The smallest absolute Gasteiger partial charge is 0.271 e. The first-order valence-electron chi connectivity index (χ1n) is 6.11. The van der Waals surface area contributed by atoms with E-state index in [1.807, 2.05) is 6.92 Å². The van der Waals surface area contributed by atoms with Crippen molar-refractivity contribution in [1.82, 2.24) is 0 Å². The van der Waals surface area contributed by atoms with Gasteiger partial charge in [0, 0.05) is 12.1 Å². The van der Waals surface area contributed by atoms with Crippen molar-refractivity contribution in [1.29, 1.82) is 0 Å². The number of rotatable bonds is 3. The van der Waals surface area contributed by atoms with Crippen molar-refractivity contribution < 1.29 is 14.3 Å². The molecule has 0 saturated carbocycles. The number of nitrogens with zero attached hydrogens (tertiary/aromatic N) is 1. The van der Waals surface area contributed by atoms with Crippen molar-refractivity contribution in [3.05, 3.63) is 18.2 Å². The van der Waals surface area contributed by atoms with Gasteiger partial charge in [-0.25, -0.2) is 4.90 Å². The van der Waals surface area contributed by atoms with E-state index in [0.717, 1.165) is 4.90 Å². The summed E-state index contributed by atoms with van der Waals surface area (Å²) in [4.78, 5) is 25.2. The highest BCUT2D eigenvalue weighted by molar-refractivity contribution is 6.17. The molecule has 19 heavy (non-hydrogen) atoms. The maximum absolute atomic E-state index is 12.2. The number of fused-ring (bicyclic) bond motifs is 1. The van der Waals surface area contributed by atoms with Crippen LogP contribution in [0.15, 0.2) is 18.2 Å². The third-order valence-electron chi connectivity index (χ3n) is 3.00. The molecule has 2 rings (SSSR count). The molecule has 4 N–H and O–H groups in total. The lowest BCUT2D eigenvalue weighted by molar-refractivity contribution is -0.128. The van der Waals surface area contributed by atoms with Crippen molar-refractivity contribution in [3.63, 3.8) is 0 Å². The molecule has 1 aromatic rings. The minimum atomic E-state index is -0.382. The number of nitrogens with two attached hydrogens (primary N) is 2. The fraction of sp³-hybridized carbons (Fsp3) is 0.385. The van der Waals surface area contributed by atoms with Gasteiger partial charge >= 0.3 is 0 Å².